The highest BCUT2D eigenvalue weighted by atomic mass is 16.6. The Morgan fingerprint density at radius 1 is 1.43 bits per heavy atom. The number of carboxylic acids is 1. The zero-order valence-corrected chi connectivity index (χ0v) is 10.8. The van der Waals surface area contributed by atoms with Gasteiger partial charge >= 0.3 is 5.97 Å². The van der Waals surface area contributed by atoms with Crippen LogP contribution in [0.1, 0.15) is 20.8 Å². The first kappa shape index (κ1) is 14.2. The van der Waals surface area contributed by atoms with Crippen molar-refractivity contribution in [1.29, 1.82) is 0 Å². The summed E-state index contributed by atoms with van der Waals surface area (Å²) in [6.45, 7) is 0. The summed E-state index contributed by atoms with van der Waals surface area (Å²) in [6.07, 6.45) is 1.19. The lowest BCUT2D eigenvalue weighted by Crippen LogP contribution is -2.15. The van der Waals surface area contributed by atoms with E-state index in [4.69, 9.17) is 5.11 Å². The molecule has 0 aliphatic rings. The Hall–Kier alpha value is -3.23. The second-order valence-electron chi connectivity index (χ2n) is 4.10. The van der Waals surface area contributed by atoms with E-state index in [1.54, 1.807) is 0 Å². The van der Waals surface area contributed by atoms with Gasteiger partial charge in [0.1, 0.15) is 0 Å². The minimum absolute atomic E-state index is 0.0153. The van der Waals surface area contributed by atoms with Crippen LogP contribution in [0, 0.1) is 10.1 Å². The number of hydrogen-bond donors (Lipinski definition) is 2. The number of aryl methyl sites for hydroxylation is 1. The molecule has 0 saturated carbocycles. The van der Waals surface area contributed by atoms with Crippen LogP contribution in [-0.2, 0) is 7.05 Å². The Balaban J connectivity index is 2.28. The highest BCUT2D eigenvalue weighted by molar-refractivity contribution is 6.07. The minimum atomic E-state index is -1.25. The first-order valence-corrected chi connectivity index (χ1v) is 5.71. The SMILES string of the molecule is Cn1ncc(NC(=O)c2cccc([N+](=O)[O-])c2)c1C(=O)O. The lowest BCUT2D eigenvalue weighted by atomic mass is 10.2. The van der Waals surface area contributed by atoms with Crippen molar-refractivity contribution in [3.63, 3.8) is 0 Å². The average Bonchev–Trinajstić information content (AvgIpc) is 2.79. The van der Waals surface area contributed by atoms with Crippen LogP contribution in [0.5, 0.6) is 0 Å². The fourth-order valence-electron chi connectivity index (χ4n) is 1.74. The average molecular weight is 290 g/mol. The van der Waals surface area contributed by atoms with Gasteiger partial charge in [0.15, 0.2) is 5.69 Å². The summed E-state index contributed by atoms with van der Waals surface area (Å²) in [5.41, 5.74) is -0.355. The predicted molar refractivity (Wildman–Crippen MR) is 71.2 cm³/mol. The van der Waals surface area contributed by atoms with Crippen LogP contribution in [0.4, 0.5) is 11.4 Å². The molecular weight excluding hydrogens is 280 g/mol. The molecule has 9 heteroatoms. The largest absolute Gasteiger partial charge is 0.476 e. The molecule has 0 aliphatic heterocycles. The number of nitrogens with one attached hydrogen (secondary N) is 1. The summed E-state index contributed by atoms with van der Waals surface area (Å²) in [5.74, 6) is -1.90. The highest BCUT2D eigenvalue weighted by Gasteiger charge is 2.19. The van der Waals surface area contributed by atoms with E-state index < -0.39 is 16.8 Å². The smallest absolute Gasteiger partial charge is 0.356 e. The number of carbonyl (C=O) groups is 2. The number of amides is 1. The third-order valence-electron chi connectivity index (χ3n) is 2.71. The van der Waals surface area contributed by atoms with Crippen LogP contribution in [-0.4, -0.2) is 31.7 Å². The van der Waals surface area contributed by atoms with E-state index in [-0.39, 0.29) is 22.6 Å². The third kappa shape index (κ3) is 2.86. The van der Waals surface area contributed by atoms with E-state index in [1.165, 1.54) is 31.4 Å². The number of nitrogens with zero attached hydrogens (tertiary/aromatic N) is 3. The number of aromatic carboxylic acids is 1. The van der Waals surface area contributed by atoms with Crippen molar-refractivity contribution in [3.05, 3.63) is 51.8 Å². The number of aromatic nitrogens is 2. The number of hydrogen-bond acceptors (Lipinski definition) is 5. The molecule has 1 amide bonds. The van der Waals surface area contributed by atoms with Crippen molar-refractivity contribution in [2.75, 3.05) is 5.32 Å². The summed E-state index contributed by atoms with van der Waals surface area (Å²) < 4.78 is 1.10. The van der Waals surface area contributed by atoms with Gasteiger partial charge in [-0.15, -0.1) is 0 Å². The molecule has 9 nitrogen and oxygen atoms in total. The molecule has 1 aromatic carbocycles. The van der Waals surface area contributed by atoms with Crippen LogP contribution >= 0.6 is 0 Å². The van der Waals surface area contributed by atoms with Gasteiger partial charge in [0.25, 0.3) is 11.6 Å². The van der Waals surface area contributed by atoms with E-state index >= 15 is 0 Å². The van der Waals surface area contributed by atoms with Crippen molar-refractivity contribution in [2.24, 2.45) is 7.05 Å². The number of non-ortho nitro benzene ring substituents is 1. The number of carbonyl (C=O) groups excluding carboxylic acids is 1. The summed E-state index contributed by atoms with van der Waals surface area (Å²) in [6, 6.07) is 5.11. The van der Waals surface area contributed by atoms with Crippen molar-refractivity contribution in [1.82, 2.24) is 9.78 Å². The van der Waals surface area contributed by atoms with Crippen molar-refractivity contribution >= 4 is 23.3 Å². The number of nitro groups is 1. The topological polar surface area (TPSA) is 127 Å². The molecule has 0 bridgehead atoms. The fraction of sp³-hybridized carbons (Fsp3) is 0.0833. The number of nitro benzene ring substituents is 1. The van der Waals surface area contributed by atoms with Gasteiger partial charge in [-0.1, -0.05) is 6.07 Å². The Bertz CT molecular complexity index is 737. The maximum Gasteiger partial charge on any atom is 0.356 e. The van der Waals surface area contributed by atoms with Crippen molar-refractivity contribution in [2.45, 2.75) is 0 Å². The third-order valence-corrected chi connectivity index (χ3v) is 2.71. The predicted octanol–water partition coefficient (Wildman–Crippen LogP) is 1.28. The molecular formula is C12H10N4O5. The molecule has 0 aliphatic carbocycles. The molecule has 0 radical (unpaired) electrons. The van der Waals surface area contributed by atoms with Crippen LogP contribution < -0.4 is 5.32 Å². The summed E-state index contributed by atoms with van der Waals surface area (Å²) in [5, 5.41) is 25.8. The lowest BCUT2D eigenvalue weighted by Gasteiger charge is -2.04. The zero-order valence-electron chi connectivity index (χ0n) is 10.8. The molecule has 21 heavy (non-hydrogen) atoms. The van der Waals surface area contributed by atoms with Gasteiger partial charge in [-0.05, 0) is 6.07 Å². The van der Waals surface area contributed by atoms with Gasteiger partial charge < -0.3 is 10.4 Å². The minimum Gasteiger partial charge on any atom is -0.476 e. The molecule has 2 rings (SSSR count). The van der Waals surface area contributed by atoms with Crippen molar-refractivity contribution in [3.8, 4) is 0 Å². The number of rotatable bonds is 4. The molecule has 0 unspecified atom stereocenters. The fourth-order valence-corrected chi connectivity index (χ4v) is 1.74. The van der Waals surface area contributed by atoms with E-state index in [1.807, 2.05) is 0 Å². The molecule has 2 N–H and O–H groups in total. The summed E-state index contributed by atoms with van der Waals surface area (Å²) in [7, 11) is 1.42. The van der Waals surface area contributed by atoms with Gasteiger partial charge in [-0.3, -0.25) is 19.6 Å². The van der Waals surface area contributed by atoms with Gasteiger partial charge in [-0.2, -0.15) is 5.10 Å². The monoisotopic (exact) mass is 290 g/mol. The molecule has 0 atom stereocenters. The first-order valence-electron chi connectivity index (χ1n) is 5.71. The van der Waals surface area contributed by atoms with Crippen LogP contribution in [0.25, 0.3) is 0 Å². The number of anilines is 1. The lowest BCUT2D eigenvalue weighted by molar-refractivity contribution is -0.384. The maximum absolute atomic E-state index is 12.0. The zero-order chi connectivity index (χ0) is 15.6. The van der Waals surface area contributed by atoms with Crippen LogP contribution in [0.15, 0.2) is 30.5 Å². The van der Waals surface area contributed by atoms with E-state index in [0.717, 1.165) is 10.7 Å². The quantitative estimate of drug-likeness (QED) is 0.644. The molecule has 108 valence electrons. The van der Waals surface area contributed by atoms with Crippen LogP contribution in [0.2, 0.25) is 0 Å². The molecule has 0 saturated heterocycles. The summed E-state index contributed by atoms with van der Waals surface area (Å²) in [4.78, 5) is 33.1. The van der Waals surface area contributed by atoms with Gasteiger partial charge in [0.05, 0.1) is 16.8 Å². The molecule has 2 aromatic rings. The molecule has 0 fully saturated rings. The Labute approximate surface area is 118 Å². The van der Waals surface area contributed by atoms with E-state index in [9.17, 15) is 19.7 Å². The Morgan fingerprint density at radius 2 is 2.14 bits per heavy atom. The summed E-state index contributed by atoms with van der Waals surface area (Å²) >= 11 is 0. The second-order valence-corrected chi connectivity index (χ2v) is 4.10. The molecule has 1 heterocycles. The van der Waals surface area contributed by atoms with Gasteiger partial charge in [-0.25, -0.2) is 4.79 Å². The highest BCUT2D eigenvalue weighted by Crippen LogP contribution is 2.17. The number of carboxylic acid groups (broad SMARTS) is 1. The van der Waals surface area contributed by atoms with E-state index in [0.29, 0.717) is 0 Å². The standard InChI is InChI=1S/C12H10N4O5/c1-15-10(12(18)19)9(6-13-15)14-11(17)7-3-2-4-8(5-7)16(20)21/h2-6H,1H3,(H,14,17)(H,18,19). The molecule has 1 aromatic heterocycles. The van der Waals surface area contributed by atoms with Crippen LogP contribution in [0.3, 0.4) is 0 Å². The Kier molecular flexibility index (Phi) is 3.65. The maximum atomic E-state index is 12.0. The number of benzene rings is 1. The Morgan fingerprint density at radius 3 is 2.76 bits per heavy atom. The van der Waals surface area contributed by atoms with Gasteiger partial charge in [0, 0.05) is 24.7 Å². The first-order chi connectivity index (χ1) is 9.90. The van der Waals surface area contributed by atoms with Gasteiger partial charge in [0.2, 0.25) is 0 Å². The van der Waals surface area contributed by atoms with E-state index in [2.05, 4.69) is 10.4 Å². The normalized spacial score (nSPS) is 10.1. The van der Waals surface area contributed by atoms with Crippen molar-refractivity contribution < 1.29 is 19.6 Å². The molecule has 0 spiro atoms. The second kappa shape index (κ2) is 5.41.